The summed E-state index contributed by atoms with van der Waals surface area (Å²) >= 11 is 0. The second-order valence-electron chi connectivity index (χ2n) is 6.65. The highest BCUT2D eigenvalue weighted by molar-refractivity contribution is 7.90. The zero-order chi connectivity index (χ0) is 19.4. The van der Waals surface area contributed by atoms with Crippen molar-refractivity contribution in [2.45, 2.75) is 43.0 Å². The highest BCUT2D eigenvalue weighted by Crippen LogP contribution is 2.44. The third-order valence-corrected chi connectivity index (χ3v) is 6.49. The molecule has 2 fully saturated rings. The number of rotatable bonds is 6. The number of alkyl halides is 3. The molecule has 8 nitrogen and oxygen atoms in total. The van der Waals surface area contributed by atoms with Gasteiger partial charge in [-0.2, -0.15) is 27.3 Å². The molecule has 2 aliphatic carbocycles. The molecule has 0 unspecified atom stereocenters. The average Bonchev–Trinajstić information content (AvgIpc) is 3.51. The Morgan fingerprint density at radius 3 is 2.48 bits per heavy atom. The van der Waals surface area contributed by atoms with Crippen LogP contribution in [0.25, 0.3) is 0 Å². The summed E-state index contributed by atoms with van der Waals surface area (Å²) < 4.78 is 64.7. The number of aromatic nitrogens is 4. The maximum atomic E-state index is 13.0. The largest absolute Gasteiger partial charge is 0.421 e. The molecular formula is C15H17F3N6O2S. The molecule has 2 aliphatic rings. The van der Waals surface area contributed by atoms with Crippen LogP contribution in [0.15, 0.2) is 12.4 Å². The Labute approximate surface area is 153 Å². The van der Waals surface area contributed by atoms with Crippen molar-refractivity contribution in [2.24, 2.45) is 0 Å². The second kappa shape index (κ2) is 6.08. The maximum Gasteiger partial charge on any atom is 0.421 e. The van der Waals surface area contributed by atoms with Gasteiger partial charge in [0.05, 0.1) is 22.8 Å². The van der Waals surface area contributed by atoms with Crippen molar-refractivity contribution >= 4 is 27.5 Å². The molecule has 146 valence electrons. The van der Waals surface area contributed by atoms with Crippen molar-refractivity contribution in [3.05, 3.63) is 23.7 Å². The van der Waals surface area contributed by atoms with E-state index in [0.29, 0.717) is 30.4 Å². The van der Waals surface area contributed by atoms with E-state index < -0.39 is 27.0 Å². The summed E-state index contributed by atoms with van der Waals surface area (Å²) in [5, 5.41) is 9.02. The van der Waals surface area contributed by atoms with E-state index in [1.807, 2.05) is 0 Å². The van der Waals surface area contributed by atoms with Crippen molar-refractivity contribution in [2.75, 3.05) is 17.7 Å². The summed E-state index contributed by atoms with van der Waals surface area (Å²) in [5.74, 6) is -0.315. The first-order valence-electron chi connectivity index (χ1n) is 8.43. The van der Waals surface area contributed by atoms with Crippen molar-refractivity contribution in [1.29, 1.82) is 0 Å². The molecular weight excluding hydrogens is 385 g/mol. The Hall–Kier alpha value is -2.37. The SMILES string of the molecule is CNc1nc(Nc2cn(S(=O)(=O)C3CC3)nc2C2CC2)ncc1C(F)(F)F. The zero-order valence-corrected chi connectivity index (χ0v) is 15.1. The molecule has 2 saturated carbocycles. The minimum Gasteiger partial charge on any atom is -0.372 e. The zero-order valence-electron chi connectivity index (χ0n) is 14.3. The first kappa shape index (κ1) is 18.0. The molecule has 0 atom stereocenters. The molecule has 0 saturated heterocycles. The van der Waals surface area contributed by atoms with E-state index in [1.165, 1.54) is 13.2 Å². The van der Waals surface area contributed by atoms with Crippen molar-refractivity contribution in [3.63, 3.8) is 0 Å². The van der Waals surface area contributed by atoms with Crippen LogP contribution < -0.4 is 10.6 Å². The standard InChI is InChI=1S/C15H17F3N6O2S/c1-19-13-10(15(16,17)18)6-20-14(22-13)21-11-7-24(23-12(11)8-2-3-8)27(25,26)9-4-5-9/h6-9H,2-5H2,1H3,(H2,19,20,21,22). The van der Waals surface area contributed by atoms with Crippen LogP contribution in [0.5, 0.6) is 0 Å². The van der Waals surface area contributed by atoms with Crippen LogP contribution in [-0.2, 0) is 16.2 Å². The van der Waals surface area contributed by atoms with Gasteiger partial charge in [0.25, 0.3) is 10.0 Å². The molecule has 0 amide bonds. The number of hydrogen-bond donors (Lipinski definition) is 2. The summed E-state index contributed by atoms with van der Waals surface area (Å²) in [4.78, 5) is 7.57. The molecule has 27 heavy (non-hydrogen) atoms. The number of anilines is 3. The number of hydrogen-bond acceptors (Lipinski definition) is 7. The van der Waals surface area contributed by atoms with E-state index in [4.69, 9.17) is 0 Å². The maximum absolute atomic E-state index is 13.0. The van der Waals surface area contributed by atoms with Crippen LogP contribution >= 0.6 is 0 Å². The van der Waals surface area contributed by atoms with Gasteiger partial charge < -0.3 is 10.6 Å². The Kier molecular flexibility index (Phi) is 4.05. The van der Waals surface area contributed by atoms with Gasteiger partial charge in [0, 0.05) is 19.2 Å². The predicted octanol–water partition coefficient (Wildman–Crippen LogP) is 2.69. The molecule has 0 bridgehead atoms. The Morgan fingerprint density at radius 1 is 1.22 bits per heavy atom. The van der Waals surface area contributed by atoms with Gasteiger partial charge in [0.2, 0.25) is 5.95 Å². The summed E-state index contributed by atoms with van der Waals surface area (Å²) in [5.41, 5.74) is -0.0257. The topological polar surface area (TPSA) is 102 Å². The minimum atomic E-state index is -4.58. The Morgan fingerprint density at radius 2 is 1.93 bits per heavy atom. The first-order chi connectivity index (χ1) is 12.7. The summed E-state index contributed by atoms with van der Waals surface area (Å²) in [7, 11) is -2.21. The predicted molar refractivity (Wildman–Crippen MR) is 91.4 cm³/mol. The summed E-state index contributed by atoms with van der Waals surface area (Å²) in [6.07, 6.45) is 0.425. The normalized spacial score (nSPS) is 17.8. The highest BCUT2D eigenvalue weighted by Gasteiger charge is 2.40. The van der Waals surface area contributed by atoms with Gasteiger partial charge >= 0.3 is 6.18 Å². The van der Waals surface area contributed by atoms with Crippen LogP contribution in [0.2, 0.25) is 0 Å². The van der Waals surface area contributed by atoms with Gasteiger partial charge in [-0.05, 0) is 25.7 Å². The monoisotopic (exact) mass is 402 g/mol. The lowest BCUT2D eigenvalue weighted by Gasteiger charge is -2.12. The van der Waals surface area contributed by atoms with Gasteiger partial charge in [-0.3, -0.25) is 0 Å². The molecule has 0 aromatic carbocycles. The third-order valence-electron chi connectivity index (χ3n) is 4.47. The van der Waals surface area contributed by atoms with E-state index in [1.54, 1.807) is 0 Å². The highest BCUT2D eigenvalue weighted by atomic mass is 32.2. The van der Waals surface area contributed by atoms with Crippen LogP contribution in [0.1, 0.15) is 42.9 Å². The smallest absolute Gasteiger partial charge is 0.372 e. The Balaban J connectivity index is 1.67. The van der Waals surface area contributed by atoms with Gasteiger partial charge in [-0.15, -0.1) is 0 Å². The van der Waals surface area contributed by atoms with Crippen LogP contribution in [0, 0.1) is 0 Å². The fourth-order valence-corrected chi connectivity index (χ4v) is 4.22. The molecule has 2 aromatic rings. The second-order valence-corrected chi connectivity index (χ2v) is 8.72. The average molecular weight is 402 g/mol. The lowest BCUT2D eigenvalue weighted by atomic mass is 10.2. The Bertz CT molecular complexity index is 980. The fourth-order valence-electron chi connectivity index (χ4n) is 2.73. The van der Waals surface area contributed by atoms with Crippen LogP contribution in [0.4, 0.5) is 30.6 Å². The third kappa shape index (κ3) is 3.45. The van der Waals surface area contributed by atoms with Crippen molar-refractivity contribution < 1.29 is 21.6 Å². The lowest BCUT2D eigenvalue weighted by Crippen LogP contribution is -2.18. The number of nitrogens with zero attached hydrogens (tertiary/aromatic N) is 4. The van der Waals surface area contributed by atoms with E-state index in [9.17, 15) is 21.6 Å². The van der Waals surface area contributed by atoms with Crippen molar-refractivity contribution in [1.82, 2.24) is 19.2 Å². The van der Waals surface area contributed by atoms with Crippen LogP contribution in [-0.4, -0.2) is 39.9 Å². The molecule has 0 radical (unpaired) electrons. The van der Waals surface area contributed by atoms with E-state index in [-0.39, 0.29) is 17.7 Å². The number of nitrogens with one attached hydrogen (secondary N) is 2. The molecule has 12 heteroatoms. The quantitative estimate of drug-likeness (QED) is 0.766. The van der Waals surface area contributed by atoms with Gasteiger partial charge in [-0.1, -0.05) is 0 Å². The van der Waals surface area contributed by atoms with E-state index in [0.717, 1.165) is 16.9 Å². The molecule has 4 rings (SSSR count). The lowest BCUT2D eigenvalue weighted by molar-refractivity contribution is -0.137. The fraction of sp³-hybridized carbons (Fsp3) is 0.533. The number of halogens is 3. The minimum absolute atomic E-state index is 0.0716. The molecule has 0 aliphatic heterocycles. The van der Waals surface area contributed by atoms with Gasteiger partial charge in [0.1, 0.15) is 11.4 Å². The summed E-state index contributed by atoms with van der Waals surface area (Å²) in [6, 6.07) is 0. The van der Waals surface area contributed by atoms with Crippen LogP contribution in [0.3, 0.4) is 0 Å². The first-order valence-corrected chi connectivity index (χ1v) is 9.93. The molecule has 2 heterocycles. The molecule has 2 aromatic heterocycles. The summed E-state index contributed by atoms with van der Waals surface area (Å²) in [6.45, 7) is 0. The molecule has 0 spiro atoms. The van der Waals surface area contributed by atoms with Crippen molar-refractivity contribution in [3.8, 4) is 0 Å². The van der Waals surface area contributed by atoms with E-state index in [2.05, 4.69) is 25.7 Å². The molecule has 2 N–H and O–H groups in total. The van der Waals surface area contributed by atoms with Gasteiger partial charge in [-0.25, -0.2) is 13.4 Å². The van der Waals surface area contributed by atoms with Gasteiger partial charge in [0.15, 0.2) is 0 Å². The van der Waals surface area contributed by atoms with E-state index >= 15 is 0 Å².